The second-order valence-corrected chi connectivity index (χ2v) is 6.40. The molecule has 0 aliphatic carbocycles. The second-order valence-electron chi connectivity index (χ2n) is 5.13. The molecule has 17 heavy (non-hydrogen) atoms. The molecule has 102 valence electrons. The monoisotopic (exact) mass is 261 g/mol. The molecule has 0 amide bonds. The van der Waals surface area contributed by atoms with Crippen LogP contribution in [0.15, 0.2) is 0 Å². The number of thioether (sulfide) groups is 1. The Morgan fingerprint density at radius 1 is 1.24 bits per heavy atom. The third-order valence-electron chi connectivity index (χ3n) is 3.27. The Hall–Kier alpha value is 0.190. The average Bonchev–Trinajstić information content (AvgIpc) is 2.28. The van der Waals surface area contributed by atoms with Crippen molar-refractivity contribution in [2.45, 2.75) is 18.4 Å². The van der Waals surface area contributed by atoms with Gasteiger partial charge in [-0.3, -0.25) is 9.80 Å². The van der Waals surface area contributed by atoms with Gasteiger partial charge < -0.3 is 10.0 Å². The summed E-state index contributed by atoms with van der Waals surface area (Å²) in [6.07, 6.45) is 1.85. The lowest BCUT2D eigenvalue weighted by molar-refractivity contribution is -0.0369. The lowest BCUT2D eigenvalue weighted by atomic mass is 10.2. The van der Waals surface area contributed by atoms with Gasteiger partial charge in [-0.2, -0.15) is 11.8 Å². The molecule has 5 heteroatoms. The number of hydrogen-bond acceptors (Lipinski definition) is 5. The molecule has 1 saturated heterocycles. The van der Waals surface area contributed by atoms with Gasteiger partial charge in [-0.1, -0.05) is 6.92 Å². The van der Waals surface area contributed by atoms with Crippen molar-refractivity contribution in [2.24, 2.45) is 0 Å². The maximum absolute atomic E-state index is 10.0. The first-order valence-electron chi connectivity index (χ1n) is 6.35. The minimum atomic E-state index is -0.315. The topological polar surface area (TPSA) is 30.0 Å². The summed E-state index contributed by atoms with van der Waals surface area (Å²) in [4.78, 5) is 6.72. The summed E-state index contributed by atoms with van der Waals surface area (Å²) in [5, 5.41) is 10.7. The highest BCUT2D eigenvalue weighted by atomic mass is 32.2. The number of nitrogens with zero attached hydrogens (tertiary/aromatic N) is 3. The van der Waals surface area contributed by atoms with E-state index in [0.717, 1.165) is 32.7 Å². The molecule has 1 N–H and O–H groups in total. The first kappa shape index (κ1) is 15.2. The maximum Gasteiger partial charge on any atom is 0.120 e. The Labute approximate surface area is 110 Å². The van der Waals surface area contributed by atoms with Crippen molar-refractivity contribution in [3.63, 3.8) is 0 Å². The summed E-state index contributed by atoms with van der Waals surface area (Å²) in [6, 6.07) is 0. The van der Waals surface area contributed by atoms with Crippen molar-refractivity contribution in [2.75, 3.05) is 59.6 Å². The van der Waals surface area contributed by atoms with Crippen molar-refractivity contribution in [3.05, 3.63) is 0 Å². The normalized spacial score (nSPS) is 22.9. The van der Waals surface area contributed by atoms with Crippen LogP contribution in [0.1, 0.15) is 6.92 Å². The number of aliphatic hydroxyl groups excluding tert-OH is 1. The van der Waals surface area contributed by atoms with E-state index in [9.17, 15) is 5.11 Å². The fourth-order valence-electron chi connectivity index (χ4n) is 2.12. The number of likely N-dealkylation sites (N-methyl/N-ethyl adjacent to an activating group) is 1. The van der Waals surface area contributed by atoms with Gasteiger partial charge in [0, 0.05) is 44.5 Å². The maximum atomic E-state index is 10.0. The van der Waals surface area contributed by atoms with Gasteiger partial charge in [0.05, 0.1) is 0 Å². The standard InChI is InChI=1S/C12H27N3OS/c1-11(17-4)9-14-5-7-15(8-6-14)12(16)10-13(2)3/h11-12,16H,5-10H2,1-4H3. The van der Waals surface area contributed by atoms with Crippen LogP contribution in [0.4, 0.5) is 0 Å². The molecule has 0 saturated carbocycles. The van der Waals surface area contributed by atoms with Crippen LogP contribution in [0.2, 0.25) is 0 Å². The van der Waals surface area contributed by atoms with Crippen LogP contribution >= 0.6 is 11.8 Å². The van der Waals surface area contributed by atoms with Crippen molar-refractivity contribution < 1.29 is 5.11 Å². The molecule has 0 radical (unpaired) electrons. The number of hydrogen-bond donors (Lipinski definition) is 1. The molecule has 0 aromatic carbocycles. The van der Waals surface area contributed by atoms with Crippen LogP contribution < -0.4 is 0 Å². The molecule has 1 aliphatic heterocycles. The van der Waals surface area contributed by atoms with Crippen molar-refractivity contribution in [1.82, 2.24) is 14.7 Å². The molecule has 2 unspecified atom stereocenters. The van der Waals surface area contributed by atoms with Crippen molar-refractivity contribution in [3.8, 4) is 0 Å². The highest BCUT2D eigenvalue weighted by molar-refractivity contribution is 7.99. The van der Waals surface area contributed by atoms with E-state index in [2.05, 4.69) is 23.0 Å². The summed E-state index contributed by atoms with van der Waals surface area (Å²) in [7, 11) is 4.00. The van der Waals surface area contributed by atoms with Gasteiger partial charge in [-0.25, -0.2) is 0 Å². The van der Waals surface area contributed by atoms with E-state index in [4.69, 9.17) is 0 Å². The van der Waals surface area contributed by atoms with Gasteiger partial charge >= 0.3 is 0 Å². The zero-order chi connectivity index (χ0) is 12.8. The molecular weight excluding hydrogens is 234 g/mol. The summed E-state index contributed by atoms with van der Waals surface area (Å²) in [5.41, 5.74) is 0. The molecule has 1 heterocycles. The van der Waals surface area contributed by atoms with Crippen molar-refractivity contribution in [1.29, 1.82) is 0 Å². The molecule has 4 nitrogen and oxygen atoms in total. The van der Waals surface area contributed by atoms with Crippen LogP contribution in [0.25, 0.3) is 0 Å². The molecular formula is C12H27N3OS. The predicted octanol–water partition coefficient (Wildman–Crippen LogP) is 0.236. The van der Waals surface area contributed by atoms with E-state index in [-0.39, 0.29) is 6.23 Å². The van der Waals surface area contributed by atoms with E-state index in [1.54, 1.807) is 0 Å². The molecule has 0 aromatic rings. The van der Waals surface area contributed by atoms with Crippen LogP contribution in [0, 0.1) is 0 Å². The Balaban J connectivity index is 2.25. The lowest BCUT2D eigenvalue weighted by Gasteiger charge is -2.38. The molecule has 1 fully saturated rings. The smallest absolute Gasteiger partial charge is 0.120 e. The third-order valence-corrected chi connectivity index (χ3v) is 4.23. The Morgan fingerprint density at radius 3 is 2.29 bits per heavy atom. The van der Waals surface area contributed by atoms with Crippen LogP contribution in [-0.4, -0.2) is 90.9 Å². The third kappa shape index (κ3) is 5.57. The van der Waals surface area contributed by atoms with E-state index in [1.807, 2.05) is 30.8 Å². The Bertz CT molecular complexity index is 208. The lowest BCUT2D eigenvalue weighted by Crippen LogP contribution is -2.53. The van der Waals surface area contributed by atoms with Crippen LogP contribution in [0.5, 0.6) is 0 Å². The number of aliphatic hydroxyl groups is 1. The van der Waals surface area contributed by atoms with E-state index >= 15 is 0 Å². The minimum Gasteiger partial charge on any atom is -0.377 e. The number of piperazine rings is 1. The van der Waals surface area contributed by atoms with Gasteiger partial charge in [0.25, 0.3) is 0 Å². The van der Waals surface area contributed by atoms with E-state index in [0.29, 0.717) is 5.25 Å². The highest BCUT2D eigenvalue weighted by Gasteiger charge is 2.23. The summed E-state index contributed by atoms with van der Waals surface area (Å²) >= 11 is 1.92. The zero-order valence-corrected chi connectivity index (χ0v) is 12.4. The molecule has 2 atom stereocenters. The number of rotatable bonds is 6. The first-order valence-corrected chi connectivity index (χ1v) is 7.63. The molecule has 1 rings (SSSR count). The first-order chi connectivity index (χ1) is 8.02. The quantitative estimate of drug-likeness (QED) is 0.740. The van der Waals surface area contributed by atoms with Gasteiger partial charge in [0.2, 0.25) is 0 Å². The molecule has 0 aromatic heterocycles. The second kappa shape index (κ2) is 7.59. The zero-order valence-electron chi connectivity index (χ0n) is 11.6. The fourth-order valence-corrected chi connectivity index (χ4v) is 2.48. The Kier molecular flexibility index (Phi) is 6.80. The summed E-state index contributed by atoms with van der Waals surface area (Å²) in [5.74, 6) is 0. The summed E-state index contributed by atoms with van der Waals surface area (Å²) in [6.45, 7) is 8.29. The van der Waals surface area contributed by atoms with Gasteiger partial charge in [0.1, 0.15) is 6.23 Å². The highest BCUT2D eigenvalue weighted by Crippen LogP contribution is 2.11. The van der Waals surface area contributed by atoms with Crippen LogP contribution in [0.3, 0.4) is 0 Å². The SMILES string of the molecule is CSC(C)CN1CCN(C(O)CN(C)C)CC1. The van der Waals surface area contributed by atoms with Gasteiger partial charge in [0.15, 0.2) is 0 Å². The predicted molar refractivity (Wildman–Crippen MR) is 75.6 cm³/mol. The molecule has 0 bridgehead atoms. The molecule has 0 spiro atoms. The average molecular weight is 261 g/mol. The van der Waals surface area contributed by atoms with Crippen molar-refractivity contribution >= 4 is 11.8 Å². The molecule has 1 aliphatic rings. The van der Waals surface area contributed by atoms with Gasteiger partial charge in [-0.15, -0.1) is 0 Å². The summed E-state index contributed by atoms with van der Waals surface area (Å²) < 4.78 is 0. The van der Waals surface area contributed by atoms with Crippen LogP contribution in [-0.2, 0) is 0 Å². The fraction of sp³-hybridized carbons (Fsp3) is 1.00. The van der Waals surface area contributed by atoms with E-state index in [1.165, 1.54) is 6.54 Å². The Morgan fingerprint density at radius 2 is 1.82 bits per heavy atom. The largest absolute Gasteiger partial charge is 0.377 e. The van der Waals surface area contributed by atoms with Gasteiger partial charge in [-0.05, 0) is 20.4 Å². The van der Waals surface area contributed by atoms with E-state index < -0.39 is 0 Å². The minimum absolute atomic E-state index is 0.315.